The van der Waals surface area contributed by atoms with Crippen molar-refractivity contribution in [2.45, 2.75) is 19.8 Å². The summed E-state index contributed by atoms with van der Waals surface area (Å²) in [6, 6.07) is 4.41. The van der Waals surface area contributed by atoms with Gasteiger partial charge in [0.25, 0.3) is 0 Å². The van der Waals surface area contributed by atoms with E-state index in [2.05, 4.69) is 12.2 Å². The number of benzene rings is 1. The van der Waals surface area contributed by atoms with Crippen molar-refractivity contribution in [3.8, 4) is 0 Å². The highest BCUT2D eigenvalue weighted by Crippen LogP contribution is 2.44. The molecule has 1 saturated carbocycles. The van der Waals surface area contributed by atoms with Gasteiger partial charge in [0, 0.05) is 6.54 Å². The van der Waals surface area contributed by atoms with Crippen molar-refractivity contribution >= 4 is 11.4 Å². The van der Waals surface area contributed by atoms with Gasteiger partial charge in [0.2, 0.25) is 0 Å². The molecule has 0 radical (unpaired) electrons. The Morgan fingerprint density at radius 1 is 1.50 bits per heavy atom. The normalized spacial score (nSPS) is 17.9. The average molecular weight is 194 g/mol. The van der Waals surface area contributed by atoms with Crippen molar-refractivity contribution in [1.82, 2.24) is 0 Å². The molecule has 2 nitrogen and oxygen atoms in total. The first-order chi connectivity index (χ1) is 6.59. The summed E-state index contributed by atoms with van der Waals surface area (Å²) in [5, 5.41) is 3.19. The first-order valence-electron chi connectivity index (χ1n) is 4.88. The summed E-state index contributed by atoms with van der Waals surface area (Å²) in [6.45, 7) is 3.09. The van der Waals surface area contributed by atoms with Gasteiger partial charge in [-0.05, 0) is 36.5 Å². The topological polar surface area (TPSA) is 38.0 Å². The van der Waals surface area contributed by atoms with Gasteiger partial charge < -0.3 is 11.1 Å². The van der Waals surface area contributed by atoms with E-state index in [0.717, 1.165) is 6.54 Å². The van der Waals surface area contributed by atoms with Gasteiger partial charge in [-0.1, -0.05) is 6.92 Å². The lowest BCUT2D eigenvalue weighted by Crippen LogP contribution is -2.12. The zero-order valence-electron chi connectivity index (χ0n) is 8.31. The first kappa shape index (κ1) is 9.31. The van der Waals surface area contributed by atoms with E-state index in [1.807, 2.05) is 0 Å². The third kappa shape index (κ3) is 1.97. The van der Waals surface area contributed by atoms with Crippen molar-refractivity contribution in [2.24, 2.45) is 5.41 Å². The highest BCUT2D eigenvalue weighted by molar-refractivity contribution is 5.65. The molecule has 0 aliphatic heterocycles. The summed E-state index contributed by atoms with van der Waals surface area (Å²) >= 11 is 0. The van der Waals surface area contributed by atoms with Crippen molar-refractivity contribution in [2.75, 3.05) is 17.6 Å². The molecule has 0 saturated heterocycles. The van der Waals surface area contributed by atoms with Gasteiger partial charge in [-0.25, -0.2) is 4.39 Å². The second kappa shape index (κ2) is 3.15. The Labute approximate surface area is 83.3 Å². The van der Waals surface area contributed by atoms with Crippen molar-refractivity contribution in [3.05, 3.63) is 24.0 Å². The Balaban J connectivity index is 2.04. The minimum atomic E-state index is -0.248. The fourth-order valence-corrected chi connectivity index (χ4v) is 1.38. The smallest absolute Gasteiger partial charge is 0.125 e. The van der Waals surface area contributed by atoms with Crippen LogP contribution in [0.5, 0.6) is 0 Å². The van der Waals surface area contributed by atoms with E-state index in [0.29, 0.717) is 16.8 Å². The molecule has 2 rings (SSSR count). The molecule has 0 bridgehead atoms. The zero-order valence-corrected chi connectivity index (χ0v) is 8.31. The lowest BCUT2D eigenvalue weighted by atomic mass is 10.1. The molecule has 14 heavy (non-hydrogen) atoms. The number of anilines is 2. The molecule has 0 spiro atoms. The molecule has 0 atom stereocenters. The summed E-state index contributed by atoms with van der Waals surface area (Å²) in [4.78, 5) is 0. The molecule has 1 aliphatic rings. The molecule has 0 heterocycles. The summed E-state index contributed by atoms with van der Waals surface area (Å²) in [5.41, 5.74) is 7.43. The SMILES string of the molecule is CC1(CNc2cc(F)ccc2N)CC1. The van der Waals surface area contributed by atoms with Crippen LogP contribution in [0.2, 0.25) is 0 Å². The fourth-order valence-electron chi connectivity index (χ4n) is 1.38. The highest BCUT2D eigenvalue weighted by atomic mass is 19.1. The summed E-state index contributed by atoms with van der Waals surface area (Å²) in [5.74, 6) is -0.248. The molecule has 76 valence electrons. The van der Waals surface area contributed by atoms with Gasteiger partial charge in [0.15, 0.2) is 0 Å². The van der Waals surface area contributed by atoms with Crippen LogP contribution in [0.1, 0.15) is 19.8 Å². The number of nitrogens with two attached hydrogens (primary N) is 1. The van der Waals surface area contributed by atoms with Gasteiger partial charge in [-0.2, -0.15) is 0 Å². The summed E-state index contributed by atoms with van der Waals surface area (Å²) in [6.07, 6.45) is 2.49. The predicted octanol–water partition coefficient (Wildman–Crippen LogP) is 2.62. The first-order valence-corrected chi connectivity index (χ1v) is 4.88. The minimum Gasteiger partial charge on any atom is -0.397 e. The number of hydrogen-bond acceptors (Lipinski definition) is 2. The van der Waals surface area contributed by atoms with Crippen molar-refractivity contribution in [1.29, 1.82) is 0 Å². The molecule has 0 unspecified atom stereocenters. The van der Waals surface area contributed by atoms with Crippen LogP contribution in [0, 0.1) is 11.2 Å². The summed E-state index contributed by atoms with van der Waals surface area (Å²) in [7, 11) is 0. The van der Waals surface area contributed by atoms with E-state index in [1.54, 1.807) is 6.07 Å². The maximum atomic E-state index is 12.9. The molecule has 3 N–H and O–H groups in total. The van der Waals surface area contributed by atoms with E-state index < -0.39 is 0 Å². The van der Waals surface area contributed by atoms with Crippen LogP contribution in [0.15, 0.2) is 18.2 Å². The Morgan fingerprint density at radius 3 is 2.86 bits per heavy atom. The number of hydrogen-bond donors (Lipinski definition) is 2. The van der Waals surface area contributed by atoms with Crippen LogP contribution < -0.4 is 11.1 Å². The predicted molar refractivity (Wildman–Crippen MR) is 56.6 cm³/mol. The Bertz CT molecular complexity index is 345. The standard InChI is InChI=1S/C11H15FN2/c1-11(4-5-11)7-14-10-6-8(12)2-3-9(10)13/h2-3,6,14H,4-5,7,13H2,1H3. The van der Waals surface area contributed by atoms with Gasteiger partial charge in [-0.3, -0.25) is 0 Å². The lowest BCUT2D eigenvalue weighted by molar-refractivity contribution is 0.608. The van der Waals surface area contributed by atoms with Crippen molar-refractivity contribution < 1.29 is 4.39 Å². The van der Waals surface area contributed by atoms with Crippen molar-refractivity contribution in [3.63, 3.8) is 0 Å². The molecule has 1 fully saturated rings. The zero-order chi connectivity index (χ0) is 10.2. The Morgan fingerprint density at radius 2 is 2.21 bits per heavy atom. The number of halogens is 1. The van der Waals surface area contributed by atoms with Crippen LogP contribution in [-0.2, 0) is 0 Å². The number of nitrogens with one attached hydrogen (secondary N) is 1. The Kier molecular flexibility index (Phi) is 2.10. The van der Waals surface area contributed by atoms with E-state index in [-0.39, 0.29) is 5.82 Å². The van der Waals surface area contributed by atoms with Gasteiger partial charge in [0.1, 0.15) is 5.82 Å². The average Bonchev–Trinajstić information content (AvgIpc) is 2.87. The maximum absolute atomic E-state index is 12.9. The van der Waals surface area contributed by atoms with Crippen LogP contribution in [0.3, 0.4) is 0 Å². The molecule has 3 heteroatoms. The lowest BCUT2D eigenvalue weighted by Gasteiger charge is -2.13. The van der Waals surface area contributed by atoms with E-state index in [1.165, 1.54) is 25.0 Å². The van der Waals surface area contributed by atoms with E-state index in [9.17, 15) is 4.39 Å². The third-order valence-electron chi connectivity index (χ3n) is 2.82. The maximum Gasteiger partial charge on any atom is 0.125 e. The quantitative estimate of drug-likeness (QED) is 0.726. The van der Waals surface area contributed by atoms with Gasteiger partial charge in [-0.15, -0.1) is 0 Å². The molecule has 1 aliphatic carbocycles. The monoisotopic (exact) mass is 194 g/mol. The van der Waals surface area contributed by atoms with E-state index >= 15 is 0 Å². The van der Waals surface area contributed by atoms with Crippen LogP contribution in [0.25, 0.3) is 0 Å². The van der Waals surface area contributed by atoms with Gasteiger partial charge >= 0.3 is 0 Å². The van der Waals surface area contributed by atoms with E-state index in [4.69, 9.17) is 5.73 Å². The molecular formula is C11H15FN2. The minimum absolute atomic E-state index is 0.248. The number of rotatable bonds is 3. The van der Waals surface area contributed by atoms with Crippen LogP contribution in [-0.4, -0.2) is 6.54 Å². The largest absolute Gasteiger partial charge is 0.397 e. The summed E-state index contributed by atoms with van der Waals surface area (Å²) < 4.78 is 12.9. The molecule has 1 aromatic rings. The molecule has 1 aromatic carbocycles. The third-order valence-corrected chi connectivity index (χ3v) is 2.82. The van der Waals surface area contributed by atoms with Crippen LogP contribution >= 0.6 is 0 Å². The number of nitrogen functional groups attached to an aromatic ring is 1. The second-order valence-electron chi connectivity index (χ2n) is 4.40. The highest BCUT2D eigenvalue weighted by Gasteiger charge is 2.36. The van der Waals surface area contributed by atoms with Crippen LogP contribution in [0.4, 0.5) is 15.8 Å². The Hall–Kier alpha value is -1.25. The molecule has 0 amide bonds. The molecular weight excluding hydrogens is 179 g/mol. The van der Waals surface area contributed by atoms with Gasteiger partial charge in [0.05, 0.1) is 11.4 Å². The fraction of sp³-hybridized carbons (Fsp3) is 0.455. The second-order valence-corrected chi connectivity index (χ2v) is 4.40. The molecule has 0 aromatic heterocycles.